The van der Waals surface area contributed by atoms with Crippen molar-refractivity contribution in [1.29, 1.82) is 0 Å². The average Bonchev–Trinajstić information content (AvgIpc) is 2.85. The van der Waals surface area contributed by atoms with Crippen LogP contribution in [0.2, 0.25) is 5.02 Å². The second kappa shape index (κ2) is 7.16. The van der Waals surface area contributed by atoms with Crippen LogP contribution in [0.25, 0.3) is 22.0 Å². The average molecular weight is 344 g/mol. The first-order valence-corrected chi connectivity index (χ1v) is 8.17. The summed E-state index contributed by atoms with van der Waals surface area (Å²) < 4.78 is 16.2. The molecule has 1 N–H and O–H groups in total. The molecule has 0 radical (unpaired) electrons. The first-order valence-electron chi connectivity index (χ1n) is 7.79. The molecule has 0 bridgehead atoms. The van der Waals surface area contributed by atoms with E-state index in [1.54, 1.807) is 19.3 Å². The highest BCUT2D eigenvalue weighted by atomic mass is 35.5. The Hall–Kier alpha value is -2.17. The fraction of sp³-hybridized carbons (Fsp3) is 0.211. The number of aromatic nitrogens is 2. The van der Waals surface area contributed by atoms with E-state index in [0.29, 0.717) is 11.6 Å². The fourth-order valence-electron chi connectivity index (χ4n) is 2.96. The van der Waals surface area contributed by atoms with Crippen molar-refractivity contribution >= 4 is 22.5 Å². The minimum atomic E-state index is -0.169. The lowest BCUT2D eigenvalue weighted by Gasteiger charge is -2.08. The Labute approximate surface area is 145 Å². The van der Waals surface area contributed by atoms with Gasteiger partial charge in [-0.2, -0.15) is 0 Å². The highest BCUT2D eigenvalue weighted by Crippen LogP contribution is 2.36. The van der Waals surface area contributed by atoms with Crippen LogP contribution in [0.3, 0.4) is 0 Å². The van der Waals surface area contributed by atoms with Crippen LogP contribution < -0.4 is 5.32 Å². The van der Waals surface area contributed by atoms with Gasteiger partial charge >= 0.3 is 0 Å². The number of rotatable bonds is 5. The largest absolute Gasteiger partial charge is 0.337 e. The quantitative estimate of drug-likeness (QED) is 0.725. The summed E-state index contributed by atoms with van der Waals surface area (Å²) in [6.45, 7) is 2.71. The Balaban J connectivity index is 2.18. The molecule has 3 aromatic rings. The predicted molar refractivity (Wildman–Crippen MR) is 98.0 cm³/mol. The van der Waals surface area contributed by atoms with Gasteiger partial charge in [0.05, 0.1) is 6.54 Å². The van der Waals surface area contributed by atoms with Crippen LogP contribution in [-0.4, -0.2) is 23.1 Å². The van der Waals surface area contributed by atoms with Gasteiger partial charge in [0.2, 0.25) is 0 Å². The van der Waals surface area contributed by atoms with Gasteiger partial charge in [0.1, 0.15) is 5.83 Å². The minimum absolute atomic E-state index is 0.169. The molecule has 124 valence electrons. The van der Waals surface area contributed by atoms with Gasteiger partial charge in [-0.1, -0.05) is 17.7 Å². The molecule has 0 atom stereocenters. The first-order chi connectivity index (χ1) is 11.6. The molecule has 0 aliphatic heterocycles. The molecule has 24 heavy (non-hydrogen) atoms. The Morgan fingerprint density at radius 1 is 1.38 bits per heavy atom. The summed E-state index contributed by atoms with van der Waals surface area (Å²) >= 11 is 6.20. The Bertz CT molecular complexity index is 885. The number of halogens is 2. The van der Waals surface area contributed by atoms with E-state index in [4.69, 9.17) is 11.6 Å². The van der Waals surface area contributed by atoms with Crippen molar-refractivity contribution < 1.29 is 4.39 Å². The molecule has 0 unspecified atom stereocenters. The summed E-state index contributed by atoms with van der Waals surface area (Å²) in [6.07, 6.45) is 5.12. The summed E-state index contributed by atoms with van der Waals surface area (Å²) in [6, 6.07) is 9.61. The van der Waals surface area contributed by atoms with E-state index in [0.717, 1.165) is 27.7 Å². The third-order valence-corrected chi connectivity index (χ3v) is 4.31. The van der Waals surface area contributed by atoms with Gasteiger partial charge in [-0.3, -0.25) is 4.98 Å². The smallest absolute Gasteiger partial charge is 0.117 e. The molecular weight excluding hydrogens is 325 g/mol. The topological polar surface area (TPSA) is 29.9 Å². The lowest BCUT2D eigenvalue weighted by atomic mass is 10.0. The zero-order valence-electron chi connectivity index (χ0n) is 13.7. The van der Waals surface area contributed by atoms with Crippen LogP contribution in [0.5, 0.6) is 0 Å². The first kappa shape index (κ1) is 16.7. The van der Waals surface area contributed by atoms with Crippen LogP contribution in [0.4, 0.5) is 4.39 Å². The second-order valence-electron chi connectivity index (χ2n) is 5.66. The molecular formula is C19H19ClFN3. The normalized spacial score (nSPS) is 12.1. The monoisotopic (exact) mass is 343 g/mol. The van der Waals surface area contributed by atoms with Gasteiger partial charge in [0.15, 0.2) is 0 Å². The number of likely N-dealkylation sites (N-methyl/N-ethyl adjacent to an activating group) is 1. The minimum Gasteiger partial charge on any atom is -0.337 e. The van der Waals surface area contributed by atoms with Gasteiger partial charge in [0, 0.05) is 51.7 Å². The van der Waals surface area contributed by atoms with Gasteiger partial charge in [-0.15, -0.1) is 0 Å². The van der Waals surface area contributed by atoms with Crippen LogP contribution >= 0.6 is 11.6 Å². The lowest BCUT2D eigenvalue weighted by molar-refractivity contribution is 0.553. The Morgan fingerprint density at radius 2 is 2.21 bits per heavy atom. The van der Waals surface area contributed by atoms with Crippen LogP contribution in [-0.2, 0) is 6.54 Å². The molecule has 0 saturated heterocycles. The Kier molecular flexibility index (Phi) is 4.97. The van der Waals surface area contributed by atoms with Crippen molar-refractivity contribution in [2.75, 3.05) is 13.6 Å². The van der Waals surface area contributed by atoms with Gasteiger partial charge in [0.25, 0.3) is 0 Å². The predicted octanol–water partition coefficient (Wildman–Crippen LogP) is 4.74. The number of pyridine rings is 1. The Morgan fingerprint density at radius 3 is 2.92 bits per heavy atom. The number of fused-ring (bicyclic) bond motifs is 1. The lowest BCUT2D eigenvalue weighted by Crippen LogP contribution is -2.07. The molecule has 0 fully saturated rings. The molecule has 5 heteroatoms. The summed E-state index contributed by atoms with van der Waals surface area (Å²) in [5.41, 5.74) is 4.00. The second-order valence-corrected chi connectivity index (χ2v) is 6.09. The summed E-state index contributed by atoms with van der Waals surface area (Å²) in [5, 5.41) is 4.60. The number of hydrogen-bond donors (Lipinski definition) is 1. The van der Waals surface area contributed by atoms with Crippen molar-refractivity contribution in [3.05, 3.63) is 65.3 Å². The molecule has 0 aliphatic rings. The molecule has 0 aliphatic carbocycles. The van der Waals surface area contributed by atoms with E-state index >= 15 is 0 Å². The maximum Gasteiger partial charge on any atom is 0.117 e. The SMILES string of the molecule is CNC/C=C(\F)Cn1c(C)c(-c2cccnc2)c2cc(Cl)ccc21. The molecule has 0 saturated carbocycles. The van der Waals surface area contributed by atoms with Crippen LogP contribution in [0.1, 0.15) is 5.69 Å². The third-order valence-electron chi connectivity index (χ3n) is 4.07. The van der Waals surface area contributed by atoms with Crippen LogP contribution in [0, 0.1) is 6.92 Å². The number of hydrogen-bond acceptors (Lipinski definition) is 2. The number of nitrogens with zero attached hydrogens (tertiary/aromatic N) is 2. The molecule has 3 nitrogen and oxygen atoms in total. The van der Waals surface area contributed by atoms with Crippen LogP contribution in [0.15, 0.2) is 54.6 Å². The van der Waals surface area contributed by atoms with Crippen molar-refractivity contribution in [3.63, 3.8) is 0 Å². The van der Waals surface area contributed by atoms with E-state index in [1.165, 1.54) is 0 Å². The van der Waals surface area contributed by atoms with Gasteiger partial charge < -0.3 is 9.88 Å². The number of allylic oxidation sites excluding steroid dienone is 1. The standard InChI is InChI=1S/C19H19ClFN3/c1-13-19(14-4-3-8-23-11-14)17-10-15(20)5-6-18(17)24(13)12-16(21)7-9-22-2/h3-8,10-11,22H,9,12H2,1-2H3/b16-7-. The van der Waals surface area contributed by atoms with E-state index in [-0.39, 0.29) is 12.4 Å². The summed E-state index contributed by atoms with van der Waals surface area (Å²) in [7, 11) is 1.79. The molecule has 0 spiro atoms. The molecule has 2 aromatic heterocycles. The van der Waals surface area contributed by atoms with E-state index in [9.17, 15) is 4.39 Å². The highest BCUT2D eigenvalue weighted by Gasteiger charge is 2.16. The molecule has 0 amide bonds. The van der Waals surface area contributed by atoms with Crippen molar-refractivity contribution in [3.8, 4) is 11.1 Å². The summed E-state index contributed by atoms with van der Waals surface area (Å²) in [5.74, 6) is -0.169. The van der Waals surface area contributed by atoms with Crippen molar-refractivity contribution in [1.82, 2.24) is 14.9 Å². The maximum absolute atomic E-state index is 14.2. The van der Waals surface area contributed by atoms with E-state index in [2.05, 4.69) is 10.3 Å². The maximum atomic E-state index is 14.2. The van der Waals surface area contributed by atoms with Crippen molar-refractivity contribution in [2.24, 2.45) is 0 Å². The van der Waals surface area contributed by atoms with E-state index < -0.39 is 0 Å². The number of nitrogens with one attached hydrogen (secondary N) is 1. The van der Waals surface area contributed by atoms with Crippen molar-refractivity contribution in [2.45, 2.75) is 13.5 Å². The highest BCUT2D eigenvalue weighted by molar-refractivity contribution is 6.31. The van der Waals surface area contributed by atoms with E-state index in [1.807, 2.05) is 48.0 Å². The fourth-order valence-corrected chi connectivity index (χ4v) is 3.13. The summed E-state index contributed by atoms with van der Waals surface area (Å²) in [4.78, 5) is 4.21. The third kappa shape index (κ3) is 3.21. The van der Waals surface area contributed by atoms with Gasteiger partial charge in [-0.05, 0) is 44.3 Å². The molecule has 3 rings (SSSR count). The van der Waals surface area contributed by atoms with Gasteiger partial charge in [-0.25, -0.2) is 4.39 Å². The number of benzene rings is 1. The zero-order chi connectivity index (χ0) is 17.1. The molecule has 2 heterocycles. The zero-order valence-corrected chi connectivity index (χ0v) is 14.4. The molecule has 1 aromatic carbocycles.